The van der Waals surface area contributed by atoms with Crippen LogP contribution >= 0.6 is 0 Å². The van der Waals surface area contributed by atoms with E-state index in [2.05, 4.69) is 10.4 Å². The number of nitrogens with zero attached hydrogens (tertiary/aromatic N) is 5. The maximum absolute atomic E-state index is 14.6. The average Bonchev–Trinajstić information content (AvgIpc) is 3.47. The number of Topliss-reactive ketones (excluding diaryl/α,β-unsaturated/α-hetero) is 1. The standard InChI is InChI=1S/C31H37FN6O3/c1-17-13-23(14-18(2)27(17)32)38-29(26-19(3)33-12-11-24(26)35-38)37(30(40)41-31(5,6)7)20(4)28(39)21-9-10-25-22(15-21)16-34-36(25)8/h9-10,13-16,19-20,33H,11-12H2,1-8H3/t19-,20?/m0/s1. The first kappa shape index (κ1) is 28.5. The minimum atomic E-state index is -0.949. The molecule has 0 spiro atoms. The second kappa shape index (κ2) is 10.4. The number of hydrogen-bond donors (Lipinski definition) is 1. The van der Waals surface area contributed by atoms with Crippen molar-refractivity contribution in [1.29, 1.82) is 0 Å². The summed E-state index contributed by atoms with van der Waals surface area (Å²) in [6.45, 7) is 13.2. The van der Waals surface area contributed by atoms with Crippen LogP contribution in [0, 0.1) is 19.7 Å². The molecule has 0 aliphatic carbocycles. The van der Waals surface area contributed by atoms with Crippen LogP contribution in [0.15, 0.2) is 36.5 Å². The highest BCUT2D eigenvalue weighted by Crippen LogP contribution is 2.37. The lowest BCUT2D eigenvalue weighted by molar-refractivity contribution is 0.0554. The van der Waals surface area contributed by atoms with Gasteiger partial charge in [-0.2, -0.15) is 10.2 Å². The van der Waals surface area contributed by atoms with Crippen molar-refractivity contribution in [3.8, 4) is 5.69 Å². The van der Waals surface area contributed by atoms with E-state index in [1.807, 2.05) is 20.0 Å². The van der Waals surface area contributed by atoms with Crippen molar-refractivity contribution >= 4 is 28.6 Å². The predicted molar refractivity (Wildman–Crippen MR) is 156 cm³/mol. The van der Waals surface area contributed by atoms with Crippen molar-refractivity contribution in [2.75, 3.05) is 11.4 Å². The number of fused-ring (bicyclic) bond motifs is 2. The first-order valence-corrected chi connectivity index (χ1v) is 13.9. The number of halogens is 1. The van der Waals surface area contributed by atoms with Gasteiger partial charge in [-0.1, -0.05) is 0 Å². The fourth-order valence-corrected chi connectivity index (χ4v) is 5.47. The lowest BCUT2D eigenvalue weighted by atomic mass is 9.99. The Labute approximate surface area is 239 Å². The number of rotatable bonds is 5. The summed E-state index contributed by atoms with van der Waals surface area (Å²) in [6.07, 6.45) is 1.68. The number of ether oxygens (including phenoxy) is 1. The van der Waals surface area contributed by atoms with Crippen molar-refractivity contribution in [1.82, 2.24) is 24.9 Å². The number of anilines is 1. The molecule has 2 atom stereocenters. The van der Waals surface area contributed by atoms with Crippen LogP contribution in [-0.4, -0.2) is 49.6 Å². The molecule has 5 rings (SSSR count). The number of amides is 1. The van der Waals surface area contributed by atoms with E-state index in [4.69, 9.17) is 9.84 Å². The highest BCUT2D eigenvalue weighted by atomic mass is 19.1. The molecular formula is C31H37FN6O3. The van der Waals surface area contributed by atoms with Gasteiger partial charge in [-0.3, -0.25) is 14.4 Å². The Kier molecular flexibility index (Phi) is 7.23. The van der Waals surface area contributed by atoms with Gasteiger partial charge in [0, 0.05) is 42.6 Å². The van der Waals surface area contributed by atoms with E-state index in [1.165, 1.54) is 4.90 Å². The smallest absolute Gasteiger partial charge is 0.416 e. The van der Waals surface area contributed by atoms with Gasteiger partial charge < -0.3 is 10.1 Å². The molecule has 1 aliphatic heterocycles. The van der Waals surface area contributed by atoms with E-state index < -0.39 is 17.7 Å². The van der Waals surface area contributed by atoms with Gasteiger partial charge in [0.25, 0.3) is 0 Å². The molecule has 0 fully saturated rings. The predicted octanol–water partition coefficient (Wildman–Crippen LogP) is 5.73. The van der Waals surface area contributed by atoms with E-state index in [1.54, 1.807) is 81.4 Å². The molecule has 10 heteroatoms. The summed E-state index contributed by atoms with van der Waals surface area (Å²) in [5.74, 6) is -0.116. The van der Waals surface area contributed by atoms with Crippen LogP contribution in [0.5, 0.6) is 0 Å². The van der Waals surface area contributed by atoms with Crippen LogP contribution in [0.25, 0.3) is 16.6 Å². The van der Waals surface area contributed by atoms with Gasteiger partial charge in [-0.15, -0.1) is 0 Å². The van der Waals surface area contributed by atoms with Gasteiger partial charge in [0.2, 0.25) is 0 Å². The van der Waals surface area contributed by atoms with Crippen LogP contribution in [-0.2, 0) is 18.2 Å². The van der Waals surface area contributed by atoms with Gasteiger partial charge >= 0.3 is 6.09 Å². The molecule has 1 aliphatic rings. The van der Waals surface area contributed by atoms with Crippen LogP contribution in [0.2, 0.25) is 0 Å². The SMILES string of the molecule is Cc1cc(-n2nc3c(c2N(C(=O)OC(C)(C)C)C(C)C(=O)c2ccc4c(cnn4C)c2)[C@H](C)NCC3)cc(C)c1F. The Morgan fingerprint density at radius 1 is 1.17 bits per heavy atom. The molecule has 9 nitrogen and oxygen atoms in total. The molecule has 2 aromatic heterocycles. The van der Waals surface area contributed by atoms with Crippen LogP contribution in [0.1, 0.15) is 73.4 Å². The summed E-state index contributed by atoms with van der Waals surface area (Å²) in [5.41, 5.74) is 3.68. The maximum Gasteiger partial charge on any atom is 0.416 e. The third-order valence-corrected chi connectivity index (χ3v) is 7.50. The van der Waals surface area contributed by atoms with E-state index >= 15 is 0 Å². The van der Waals surface area contributed by atoms with E-state index in [0.717, 1.165) is 28.7 Å². The Morgan fingerprint density at radius 2 is 1.85 bits per heavy atom. The maximum atomic E-state index is 14.6. The van der Waals surface area contributed by atoms with Crippen molar-refractivity contribution in [3.05, 3.63) is 70.3 Å². The molecule has 2 aromatic carbocycles. The highest BCUT2D eigenvalue weighted by Gasteiger charge is 2.39. The first-order chi connectivity index (χ1) is 19.3. The lowest BCUT2D eigenvalue weighted by Crippen LogP contribution is -2.47. The monoisotopic (exact) mass is 560 g/mol. The summed E-state index contributed by atoms with van der Waals surface area (Å²) in [7, 11) is 1.84. The van der Waals surface area contributed by atoms with Crippen molar-refractivity contribution in [3.63, 3.8) is 0 Å². The second-order valence-electron chi connectivity index (χ2n) is 11.8. The lowest BCUT2D eigenvalue weighted by Gasteiger charge is -2.33. The molecule has 1 unspecified atom stereocenters. The fourth-order valence-electron chi connectivity index (χ4n) is 5.47. The number of benzene rings is 2. The van der Waals surface area contributed by atoms with E-state index in [0.29, 0.717) is 34.6 Å². The molecule has 0 saturated carbocycles. The molecule has 3 heterocycles. The van der Waals surface area contributed by atoms with E-state index in [9.17, 15) is 14.0 Å². The second-order valence-corrected chi connectivity index (χ2v) is 11.8. The molecular weight excluding hydrogens is 523 g/mol. The van der Waals surface area contributed by atoms with Crippen molar-refractivity contribution in [2.45, 2.75) is 72.6 Å². The van der Waals surface area contributed by atoms with E-state index in [-0.39, 0.29) is 17.6 Å². The van der Waals surface area contributed by atoms with Gasteiger partial charge in [-0.25, -0.2) is 13.9 Å². The number of aryl methyl sites for hydroxylation is 3. The molecule has 1 amide bonds. The van der Waals surface area contributed by atoms with Gasteiger partial charge in [0.1, 0.15) is 23.3 Å². The fraction of sp³-hybridized carbons (Fsp3) is 0.419. The summed E-state index contributed by atoms with van der Waals surface area (Å²) in [5, 5.41) is 13.5. The van der Waals surface area contributed by atoms with Crippen LogP contribution in [0.3, 0.4) is 0 Å². The van der Waals surface area contributed by atoms with Gasteiger partial charge in [0.15, 0.2) is 5.78 Å². The highest BCUT2D eigenvalue weighted by molar-refractivity contribution is 6.08. The largest absolute Gasteiger partial charge is 0.443 e. The van der Waals surface area contributed by atoms with Crippen LogP contribution in [0.4, 0.5) is 15.0 Å². The Hall–Kier alpha value is -4.05. The Morgan fingerprint density at radius 3 is 2.51 bits per heavy atom. The van der Waals surface area contributed by atoms with Crippen molar-refractivity contribution < 1.29 is 18.7 Å². The summed E-state index contributed by atoms with van der Waals surface area (Å²) >= 11 is 0. The molecule has 41 heavy (non-hydrogen) atoms. The number of ketones is 1. The minimum absolute atomic E-state index is 0.149. The summed E-state index contributed by atoms with van der Waals surface area (Å²) < 4.78 is 23.9. The zero-order chi connectivity index (χ0) is 29.8. The summed E-state index contributed by atoms with van der Waals surface area (Å²) in [4.78, 5) is 29.5. The molecule has 1 N–H and O–H groups in total. The topological polar surface area (TPSA) is 94.3 Å². The summed E-state index contributed by atoms with van der Waals surface area (Å²) in [6, 6.07) is 7.70. The van der Waals surface area contributed by atoms with Gasteiger partial charge in [0.05, 0.1) is 23.1 Å². The zero-order valence-electron chi connectivity index (χ0n) is 24.9. The number of carbonyl (C=O) groups excluding carboxylic acids is 2. The van der Waals surface area contributed by atoms with Crippen LogP contribution < -0.4 is 10.2 Å². The van der Waals surface area contributed by atoms with Crippen molar-refractivity contribution in [2.24, 2.45) is 7.05 Å². The zero-order valence-corrected chi connectivity index (χ0v) is 24.9. The number of aromatic nitrogens is 4. The molecule has 4 aromatic rings. The van der Waals surface area contributed by atoms with Gasteiger partial charge in [-0.05, 0) is 89.9 Å². The molecule has 0 radical (unpaired) electrons. The Bertz CT molecular complexity index is 1640. The Balaban J connectivity index is 1.71. The average molecular weight is 561 g/mol. The molecule has 216 valence electrons. The molecule has 0 bridgehead atoms. The third-order valence-electron chi connectivity index (χ3n) is 7.50. The third kappa shape index (κ3) is 5.24. The molecule has 0 saturated heterocycles. The first-order valence-electron chi connectivity index (χ1n) is 13.9. The number of carbonyl (C=O) groups is 2. The number of hydrogen-bond acceptors (Lipinski definition) is 6. The quantitative estimate of drug-likeness (QED) is 0.313. The minimum Gasteiger partial charge on any atom is -0.443 e. The number of nitrogens with one attached hydrogen (secondary N) is 1. The normalized spacial score (nSPS) is 16.0.